The molecule has 3 atom stereocenters. The van der Waals surface area contributed by atoms with E-state index in [0.29, 0.717) is 18.8 Å². The number of unbranched alkanes of at least 4 members (excludes halogenated alkanes) is 4. The normalized spacial score (nSPS) is 18.0. The fourth-order valence-electron chi connectivity index (χ4n) is 4.69. The quantitative estimate of drug-likeness (QED) is 0.277. The van der Waals surface area contributed by atoms with E-state index in [-0.39, 0.29) is 24.0 Å². The molecule has 1 saturated heterocycles. The molecule has 1 fully saturated rings. The van der Waals surface area contributed by atoms with Gasteiger partial charge in [0, 0.05) is 25.4 Å². The SMILES string of the molecule is COC(=O)CCCCCCN1C(=O)CCC1CC[C@@H](O)[C@H](C)CCCCc1ccccc1. The Labute approximate surface area is 194 Å². The van der Waals surface area contributed by atoms with E-state index < -0.39 is 0 Å². The van der Waals surface area contributed by atoms with E-state index in [1.165, 1.54) is 12.7 Å². The van der Waals surface area contributed by atoms with Crippen molar-refractivity contribution in [3.05, 3.63) is 35.9 Å². The van der Waals surface area contributed by atoms with Crippen LogP contribution in [0.15, 0.2) is 30.3 Å². The van der Waals surface area contributed by atoms with Crippen molar-refractivity contribution in [2.45, 2.75) is 103 Å². The molecule has 1 heterocycles. The number of likely N-dealkylation sites (tertiary alicyclic amines) is 1. The molecule has 1 aromatic carbocycles. The molecule has 1 unspecified atom stereocenters. The van der Waals surface area contributed by atoms with Gasteiger partial charge in [0.1, 0.15) is 0 Å². The Bertz CT molecular complexity index is 663. The first-order valence-corrected chi connectivity index (χ1v) is 12.6. The molecular weight excluding hydrogens is 402 g/mol. The predicted molar refractivity (Wildman–Crippen MR) is 128 cm³/mol. The van der Waals surface area contributed by atoms with Crippen molar-refractivity contribution in [1.29, 1.82) is 0 Å². The van der Waals surface area contributed by atoms with E-state index in [1.807, 2.05) is 4.90 Å². The molecule has 0 radical (unpaired) electrons. The number of carbonyl (C=O) groups excluding carboxylic acids is 2. The van der Waals surface area contributed by atoms with Crippen LogP contribution in [0.3, 0.4) is 0 Å². The average molecular weight is 446 g/mol. The van der Waals surface area contributed by atoms with E-state index in [0.717, 1.165) is 77.2 Å². The second-order valence-corrected chi connectivity index (χ2v) is 9.37. The standard InChI is InChI=1S/C27H43NO4/c1-22(12-9-10-15-23-13-6-5-7-14-23)25(29)19-17-24-18-20-26(30)28(24)21-11-4-3-8-16-27(31)32-2/h5-7,13-14,22,24-25,29H,3-4,8-12,15-21H2,1-2H3/t22-,24?,25-/m1/s1. The van der Waals surface area contributed by atoms with Gasteiger partial charge in [-0.15, -0.1) is 0 Å². The highest BCUT2D eigenvalue weighted by molar-refractivity contribution is 5.78. The van der Waals surface area contributed by atoms with Crippen molar-refractivity contribution in [3.63, 3.8) is 0 Å². The number of nitrogens with zero attached hydrogens (tertiary/aromatic N) is 1. The molecule has 0 aromatic heterocycles. The summed E-state index contributed by atoms with van der Waals surface area (Å²) in [4.78, 5) is 25.5. The minimum absolute atomic E-state index is 0.149. The summed E-state index contributed by atoms with van der Waals surface area (Å²) < 4.78 is 4.66. The van der Waals surface area contributed by atoms with Crippen molar-refractivity contribution in [2.75, 3.05) is 13.7 Å². The highest BCUT2D eigenvalue weighted by Gasteiger charge is 2.30. The molecule has 5 nitrogen and oxygen atoms in total. The third-order valence-corrected chi connectivity index (χ3v) is 6.88. The Morgan fingerprint density at radius 1 is 1.09 bits per heavy atom. The number of ether oxygens (including phenoxy) is 1. The Morgan fingerprint density at radius 3 is 2.59 bits per heavy atom. The fourth-order valence-corrected chi connectivity index (χ4v) is 4.69. The number of aliphatic hydroxyl groups excluding tert-OH is 1. The van der Waals surface area contributed by atoms with Gasteiger partial charge in [-0.3, -0.25) is 9.59 Å². The summed E-state index contributed by atoms with van der Waals surface area (Å²) in [6.45, 7) is 2.95. The van der Waals surface area contributed by atoms with E-state index in [9.17, 15) is 14.7 Å². The molecule has 1 amide bonds. The lowest BCUT2D eigenvalue weighted by Crippen LogP contribution is -2.35. The minimum Gasteiger partial charge on any atom is -0.469 e. The first-order valence-electron chi connectivity index (χ1n) is 12.6. The summed E-state index contributed by atoms with van der Waals surface area (Å²) in [7, 11) is 1.42. The largest absolute Gasteiger partial charge is 0.469 e. The van der Waals surface area contributed by atoms with Gasteiger partial charge in [0.15, 0.2) is 0 Å². The fraction of sp³-hybridized carbons (Fsp3) is 0.704. The molecular formula is C27H43NO4. The van der Waals surface area contributed by atoms with Gasteiger partial charge in [-0.2, -0.15) is 0 Å². The van der Waals surface area contributed by atoms with E-state index in [2.05, 4.69) is 42.0 Å². The molecule has 0 bridgehead atoms. The smallest absolute Gasteiger partial charge is 0.305 e. The maximum Gasteiger partial charge on any atom is 0.305 e. The van der Waals surface area contributed by atoms with E-state index in [4.69, 9.17) is 0 Å². The van der Waals surface area contributed by atoms with Crippen molar-refractivity contribution >= 4 is 11.9 Å². The second-order valence-electron chi connectivity index (χ2n) is 9.37. The number of aryl methyl sites for hydroxylation is 1. The Hall–Kier alpha value is -1.88. The molecule has 0 spiro atoms. The van der Waals surface area contributed by atoms with Gasteiger partial charge in [-0.05, 0) is 62.8 Å². The highest BCUT2D eigenvalue weighted by atomic mass is 16.5. The van der Waals surface area contributed by atoms with Crippen LogP contribution in [0.25, 0.3) is 0 Å². The van der Waals surface area contributed by atoms with Crippen LogP contribution in [0.2, 0.25) is 0 Å². The molecule has 2 rings (SSSR count). The van der Waals surface area contributed by atoms with Gasteiger partial charge in [0.2, 0.25) is 5.91 Å². The molecule has 1 N–H and O–H groups in total. The lowest BCUT2D eigenvalue weighted by Gasteiger charge is -2.27. The second kappa shape index (κ2) is 15.0. The van der Waals surface area contributed by atoms with Crippen LogP contribution in [0.1, 0.15) is 89.5 Å². The highest BCUT2D eigenvalue weighted by Crippen LogP contribution is 2.26. The van der Waals surface area contributed by atoms with Crippen LogP contribution >= 0.6 is 0 Å². The van der Waals surface area contributed by atoms with Crippen molar-refractivity contribution in [2.24, 2.45) is 5.92 Å². The molecule has 1 aliphatic heterocycles. The summed E-state index contributed by atoms with van der Waals surface area (Å²) in [5.41, 5.74) is 1.38. The molecule has 180 valence electrons. The van der Waals surface area contributed by atoms with Gasteiger partial charge >= 0.3 is 5.97 Å². The number of benzene rings is 1. The third-order valence-electron chi connectivity index (χ3n) is 6.88. The molecule has 0 aliphatic carbocycles. The van der Waals surface area contributed by atoms with Crippen LogP contribution in [0.4, 0.5) is 0 Å². The molecule has 0 saturated carbocycles. The molecule has 32 heavy (non-hydrogen) atoms. The summed E-state index contributed by atoms with van der Waals surface area (Å²) in [6, 6.07) is 10.9. The van der Waals surface area contributed by atoms with E-state index in [1.54, 1.807) is 0 Å². The number of hydrogen-bond donors (Lipinski definition) is 1. The first-order chi connectivity index (χ1) is 15.5. The van der Waals surface area contributed by atoms with Crippen molar-refractivity contribution in [3.8, 4) is 0 Å². The number of rotatable bonds is 16. The van der Waals surface area contributed by atoms with Crippen LogP contribution < -0.4 is 0 Å². The topological polar surface area (TPSA) is 66.8 Å². The Balaban J connectivity index is 1.59. The van der Waals surface area contributed by atoms with Gasteiger partial charge in [0.25, 0.3) is 0 Å². The van der Waals surface area contributed by atoms with Gasteiger partial charge < -0.3 is 14.7 Å². The van der Waals surface area contributed by atoms with Crippen LogP contribution in [-0.2, 0) is 20.7 Å². The predicted octanol–water partition coefficient (Wildman–Crippen LogP) is 5.29. The maximum absolute atomic E-state index is 12.3. The van der Waals surface area contributed by atoms with Crippen LogP contribution in [-0.4, -0.2) is 47.7 Å². The summed E-state index contributed by atoms with van der Waals surface area (Å²) in [5.74, 6) is 0.405. The third kappa shape index (κ3) is 9.72. The lowest BCUT2D eigenvalue weighted by atomic mass is 9.92. The number of methoxy groups -OCH3 is 1. The Morgan fingerprint density at radius 2 is 1.84 bits per heavy atom. The monoisotopic (exact) mass is 445 g/mol. The zero-order valence-corrected chi connectivity index (χ0v) is 20.1. The number of amides is 1. The first kappa shape index (κ1) is 26.4. The van der Waals surface area contributed by atoms with Crippen LogP contribution in [0, 0.1) is 5.92 Å². The van der Waals surface area contributed by atoms with Gasteiger partial charge in [-0.1, -0.05) is 56.5 Å². The zero-order chi connectivity index (χ0) is 23.2. The summed E-state index contributed by atoms with van der Waals surface area (Å²) >= 11 is 0. The Kier molecular flexibility index (Phi) is 12.4. The molecule has 5 heteroatoms. The summed E-state index contributed by atoms with van der Waals surface area (Å²) in [5, 5.41) is 10.6. The van der Waals surface area contributed by atoms with Gasteiger partial charge in [0.05, 0.1) is 13.2 Å². The zero-order valence-electron chi connectivity index (χ0n) is 20.1. The van der Waals surface area contributed by atoms with Crippen LogP contribution in [0.5, 0.6) is 0 Å². The van der Waals surface area contributed by atoms with Gasteiger partial charge in [-0.25, -0.2) is 0 Å². The van der Waals surface area contributed by atoms with E-state index >= 15 is 0 Å². The molecule has 1 aliphatic rings. The summed E-state index contributed by atoms with van der Waals surface area (Å²) in [6.07, 6.45) is 11.7. The van der Waals surface area contributed by atoms with Crippen molar-refractivity contribution in [1.82, 2.24) is 4.90 Å². The number of hydrogen-bond acceptors (Lipinski definition) is 4. The maximum atomic E-state index is 12.3. The number of carbonyl (C=O) groups is 2. The lowest BCUT2D eigenvalue weighted by molar-refractivity contribution is -0.140. The minimum atomic E-state index is -0.289. The number of esters is 1. The van der Waals surface area contributed by atoms with Crippen molar-refractivity contribution < 1.29 is 19.4 Å². The molecule has 1 aromatic rings. The number of aliphatic hydroxyl groups is 1. The average Bonchev–Trinajstić information content (AvgIpc) is 3.16.